The summed E-state index contributed by atoms with van der Waals surface area (Å²) in [7, 11) is -4.04. The summed E-state index contributed by atoms with van der Waals surface area (Å²) in [6, 6.07) is 6.56. The number of halogens is 5. The second-order valence-electron chi connectivity index (χ2n) is 6.04. The number of nitrogens with one attached hydrogen (secondary N) is 2. The first-order valence-corrected chi connectivity index (χ1v) is 10.00. The molecule has 0 saturated heterocycles. The number of ether oxygens (including phenoxy) is 1. The maximum atomic E-state index is 13.1. The molecule has 0 saturated carbocycles. The van der Waals surface area contributed by atoms with Gasteiger partial charge in [-0.2, -0.15) is 0 Å². The molecule has 2 N–H and O–H groups in total. The SMILES string of the molecule is O=C(CCNS(=O)(=O)c1ccc(OC(F)(F)F)cc1)NCCc1cc(F)cc(F)c1. The lowest BCUT2D eigenvalue weighted by molar-refractivity contribution is -0.274. The van der Waals surface area contributed by atoms with Crippen LogP contribution >= 0.6 is 0 Å². The van der Waals surface area contributed by atoms with Gasteiger partial charge in [-0.05, 0) is 48.4 Å². The van der Waals surface area contributed by atoms with Gasteiger partial charge in [-0.1, -0.05) is 0 Å². The van der Waals surface area contributed by atoms with Crippen molar-refractivity contribution in [2.45, 2.75) is 24.1 Å². The number of alkyl halides is 3. The van der Waals surface area contributed by atoms with E-state index in [9.17, 15) is 35.2 Å². The molecule has 0 unspecified atom stereocenters. The Morgan fingerprint density at radius 3 is 2.13 bits per heavy atom. The minimum atomic E-state index is -4.89. The largest absolute Gasteiger partial charge is 0.573 e. The van der Waals surface area contributed by atoms with Crippen LogP contribution in [0.3, 0.4) is 0 Å². The van der Waals surface area contributed by atoms with Crippen LogP contribution in [0.1, 0.15) is 12.0 Å². The molecule has 0 bridgehead atoms. The lowest BCUT2D eigenvalue weighted by Crippen LogP contribution is -2.31. The van der Waals surface area contributed by atoms with Crippen LogP contribution in [0.15, 0.2) is 47.4 Å². The molecule has 2 aromatic rings. The number of hydrogen-bond acceptors (Lipinski definition) is 4. The van der Waals surface area contributed by atoms with Crippen molar-refractivity contribution in [1.29, 1.82) is 0 Å². The van der Waals surface area contributed by atoms with Crippen molar-refractivity contribution in [2.24, 2.45) is 0 Å². The van der Waals surface area contributed by atoms with Crippen molar-refractivity contribution < 1.29 is 39.9 Å². The van der Waals surface area contributed by atoms with Crippen LogP contribution in [0.25, 0.3) is 0 Å². The number of carbonyl (C=O) groups excluding carboxylic acids is 1. The number of hydrogen-bond donors (Lipinski definition) is 2. The van der Waals surface area contributed by atoms with Gasteiger partial charge in [0, 0.05) is 25.6 Å². The molecule has 0 spiro atoms. The summed E-state index contributed by atoms with van der Waals surface area (Å²) in [4.78, 5) is 11.4. The molecule has 12 heteroatoms. The molecule has 2 rings (SSSR count). The number of sulfonamides is 1. The number of rotatable bonds is 9. The van der Waals surface area contributed by atoms with E-state index in [0.717, 1.165) is 42.5 Å². The highest BCUT2D eigenvalue weighted by Gasteiger charge is 2.31. The zero-order valence-corrected chi connectivity index (χ0v) is 16.1. The van der Waals surface area contributed by atoms with Gasteiger partial charge in [0.25, 0.3) is 0 Å². The summed E-state index contributed by atoms with van der Waals surface area (Å²) >= 11 is 0. The van der Waals surface area contributed by atoms with Gasteiger partial charge in [0.05, 0.1) is 4.90 Å². The average Bonchev–Trinajstić information content (AvgIpc) is 2.60. The van der Waals surface area contributed by atoms with Crippen molar-refractivity contribution in [3.05, 3.63) is 59.7 Å². The monoisotopic (exact) mass is 452 g/mol. The molecule has 1 amide bonds. The third kappa shape index (κ3) is 7.95. The molecule has 0 fully saturated rings. The molecular formula is C18H17F5N2O4S. The summed E-state index contributed by atoms with van der Waals surface area (Å²) < 4.78 is 92.5. The highest BCUT2D eigenvalue weighted by molar-refractivity contribution is 7.89. The Kier molecular flexibility index (Phi) is 7.73. The van der Waals surface area contributed by atoms with Gasteiger partial charge in [0.1, 0.15) is 17.4 Å². The van der Waals surface area contributed by atoms with E-state index in [-0.39, 0.29) is 30.8 Å². The molecule has 0 aliphatic rings. The van der Waals surface area contributed by atoms with Gasteiger partial charge in [0.15, 0.2) is 0 Å². The van der Waals surface area contributed by atoms with Gasteiger partial charge in [0.2, 0.25) is 15.9 Å². The lowest BCUT2D eigenvalue weighted by Gasteiger charge is -2.10. The maximum Gasteiger partial charge on any atom is 0.573 e. The fourth-order valence-corrected chi connectivity index (χ4v) is 3.42. The molecule has 6 nitrogen and oxygen atoms in total. The first-order chi connectivity index (χ1) is 13.9. The molecule has 0 aliphatic heterocycles. The molecule has 2 aromatic carbocycles. The van der Waals surface area contributed by atoms with Gasteiger partial charge in [-0.15, -0.1) is 13.2 Å². The third-order valence-electron chi connectivity index (χ3n) is 3.67. The summed E-state index contributed by atoms with van der Waals surface area (Å²) in [5.41, 5.74) is 0.353. The first-order valence-electron chi connectivity index (χ1n) is 8.52. The molecular weight excluding hydrogens is 435 g/mol. The minimum absolute atomic E-state index is 0.0924. The van der Waals surface area contributed by atoms with Crippen molar-refractivity contribution in [3.8, 4) is 5.75 Å². The van der Waals surface area contributed by atoms with E-state index in [4.69, 9.17) is 0 Å². The molecule has 0 aromatic heterocycles. The summed E-state index contributed by atoms with van der Waals surface area (Å²) in [5, 5.41) is 2.48. The molecule has 0 heterocycles. The second kappa shape index (κ2) is 9.85. The van der Waals surface area contributed by atoms with Crippen molar-refractivity contribution in [3.63, 3.8) is 0 Å². The van der Waals surface area contributed by atoms with Crippen LogP contribution in [0.4, 0.5) is 22.0 Å². The zero-order valence-electron chi connectivity index (χ0n) is 15.3. The van der Waals surface area contributed by atoms with Gasteiger partial charge in [-0.25, -0.2) is 21.9 Å². The van der Waals surface area contributed by atoms with Crippen LogP contribution in [-0.4, -0.2) is 33.8 Å². The summed E-state index contributed by atoms with van der Waals surface area (Å²) in [5.74, 6) is -2.53. The highest BCUT2D eigenvalue weighted by Crippen LogP contribution is 2.23. The maximum absolute atomic E-state index is 13.1. The molecule has 0 atom stereocenters. The van der Waals surface area contributed by atoms with E-state index >= 15 is 0 Å². The predicted octanol–water partition coefficient (Wildman–Crippen LogP) is 2.89. The number of carbonyl (C=O) groups is 1. The zero-order chi connectivity index (χ0) is 22.4. The standard InChI is InChI=1S/C18H17F5N2O4S/c19-13-9-12(10-14(20)11-13)5-7-24-17(26)6-8-25-30(27,28)16-3-1-15(2-4-16)29-18(21,22)23/h1-4,9-11,25H,5-8H2,(H,24,26). The topological polar surface area (TPSA) is 84.5 Å². The highest BCUT2D eigenvalue weighted by atomic mass is 32.2. The lowest BCUT2D eigenvalue weighted by atomic mass is 10.1. The molecule has 164 valence electrons. The van der Waals surface area contributed by atoms with Gasteiger partial charge in [-0.3, -0.25) is 4.79 Å². The second-order valence-corrected chi connectivity index (χ2v) is 7.81. The number of amides is 1. The third-order valence-corrected chi connectivity index (χ3v) is 5.15. The average molecular weight is 452 g/mol. The van der Waals surface area contributed by atoms with E-state index in [1.807, 2.05) is 0 Å². The van der Waals surface area contributed by atoms with Gasteiger partial charge >= 0.3 is 6.36 Å². The predicted molar refractivity (Wildman–Crippen MR) is 96.0 cm³/mol. The summed E-state index contributed by atoms with van der Waals surface area (Å²) in [6.45, 7) is -0.168. The van der Waals surface area contributed by atoms with E-state index in [1.54, 1.807) is 0 Å². The van der Waals surface area contributed by atoms with Crippen LogP contribution in [0, 0.1) is 11.6 Å². The first kappa shape index (κ1) is 23.5. The fraction of sp³-hybridized carbons (Fsp3) is 0.278. The van der Waals surface area contributed by atoms with E-state index < -0.39 is 39.7 Å². The normalized spacial score (nSPS) is 11.9. The van der Waals surface area contributed by atoms with Gasteiger partial charge < -0.3 is 10.1 Å². The Morgan fingerprint density at radius 2 is 1.57 bits per heavy atom. The fourth-order valence-electron chi connectivity index (χ4n) is 2.39. The Labute approximate surface area is 169 Å². The Hall–Kier alpha value is -2.73. The van der Waals surface area contributed by atoms with Crippen molar-refractivity contribution in [1.82, 2.24) is 10.0 Å². The van der Waals surface area contributed by atoms with E-state index in [0.29, 0.717) is 5.56 Å². The van der Waals surface area contributed by atoms with Crippen LogP contribution in [0.5, 0.6) is 5.75 Å². The number of benzene rings is 2. The quantitative estimate of drug-likeness (QED) is 0.573. The smallest absolute Gasteiger partial charge is 0.406 e. The molecule has 30 heavy (non-hydrogen) atoms. The van der Waals surface area contributed by atoms with E-state index in [1.165, 1.54) is 0 Å². The summed E-state index contributed by atoms with van der Waals surface area (Å²) in [6.07, 6.45) is -4.93. The van der Waals surface area contributed by atoms with Crippen molar-refractivity contribution in [2.75, 3.05) is 13.1 Å². The molecule has 0 aliphatic carbocycles. The Balaban J connectivity index is 1.77. The minimum Gasteiger partial charge on any atom is -0.406 e. The molecule has 0 radical (unpaired) electrons. The van der Waals surface area contributed by atoms with Crippen LogP contribution < -0.4 is 14.8 Å². The van der Waals surface area contributed by atoms with Crippen LogP contribution in [0.2, 0.25) is 0 Å². The van der Waals surface area contributed by atoms with Crippen molar-refractivity contribution >= 4 is 15.9 Å². The Morgan fingerprint density at radius 1 is 0.967 bits per heavy atom. The van der Waals surface area contributed by atoms with E-state index in [2.05, 4.69) is 14.8 Å². The van der Waals surface area contributed by atoms with Crippen LogP contribution in [-0.2, 0) is 21.2 Å². The Bertz CT molecular complexity index is 959.